The standard InChI is InChI=1S/C16H11F6N3O4/c17-15(18,19)8-3-7(4-9(5-8)16(20,21)22)12-24-6-10(14(29)25-12)13(28)23-2-1-11(26)27/h3-6H,1-2H2,(H,23,28)(H,26,27)(H,24,25,29). The van der Waals surface area contributed by atoms with Crippen LogP contribution in [0.15, 0.2) is 29.2 Å². The van der Waals surface area contributed by atoms with Gasteiger partial charge in [-0.3, -0.25) is 14.4 Å². The van der Waals surface area contributed by atoms with Crippen molar-refractivity contribution >= 4 is 11.9 Å². The molecular weight excluding hydrogens is 412 g/mol. The van der Waals surface area contributed by atoms with Gasteiger partial charge in [0.1, 0.15) is 11.4 Å². The Balaban J connectivity index is 2.42. The largest absolute Gasteiger partial charge is 0.481 e. The van der Waals surface area contributed by atoms with Crippen molar-refractivity contribution < 1.29 is 41.0 Å². The van der Waals surface area contributed by atoms with Crippen LogP contribution in [-0.4, -0.2) is 33.5 Å². The number of nitrogens with zero attached hydrogens (tertiary/aromatic N) is 1. The first-order valence-electron chi connectivity index (χ1n) is 7.68. The SMILES string of the molecule is O=C(O)CCNC(=O)c1cnc(-c2cc(C(F)(F)F)cc(C(F)(F)F)c2)[nH]c1=O. The summed E-state index contributed by atoms with van der Waals surface area (Å²) in [5.41, 5.74) is -5.58. The number of aromatic nitrogens is 2. The Morgan fingerprint density at radius 2 is 1.59 bits per heavy atom. The van der Waals surface area contributed by atoms with E-state index in [9.17, 15) is 40.7 Å². The van der Waals surface area contributed by atoms with Crippen LogP contribution in [0, 0.1) is 0 Å². The molecule has 3 N–H and O–H groups in total. The lowest BCUT2D eigenvalue weighted by Gasteiger charge is -2.14. The molecule has 13 heteroatoms. The highest BCUT2D eigenvalue weighted by Crippen LogP contribution is 2.37. The number of halogens is 6. The smallest absolute Gasteiger partial charge is 0.416 e. The van der Waals surface area contributed by atoms with Crippen molar-refractivity contribution in [3.05, 3.63) is 51.4 Å². The lowest BCUT2D eigenvalue weighted by atomic mass is 10.0. The van der Waals surface area contributed by atoms with Gasteiger partial charge in [0, 0.05) is 18.3 Å². The molecule has 2 aromatic rings. The number of carbonyl (C=O) groups excluding carboxylic acids is 1. The van der Waals surface area contributed by atoms with Crippen LogP contribution in [0.5, 0.6) is 0 Å². The first-order valence-corrected chi connectivity index (χ1v) is 7.68. The third kappa shape index (κ3) is 5.56. The van der Waals surface area contributed by atoms with E-state index in [0.29, 0.717) is 18.3 Å². The van der Waals surface area contributed by atoms with Gasteiger partial charge in [0.25, 0.3) is 11.5 Å². The Morgan fingerprint density at radius 1 is 1.03 bits per heavy atom. The van der Waals surface area contributed by atoms with Crippen molar-refractivity contribution in [2.75, 3.05) is 6.54 Å². The number of benzene rings is 1. The molecule has 1 aromatic heterocycles. The van der Waals surface area contributed by atoms with E-state index in [1.807, 2.05) is 4.98 Å². The number of carboxylic acid groups (broad SMARTS) is 1. The first kappa shape index (κ1) is 21.9. The summed E-state index contributed by atoms with van der Waals surface area (Å²) in [7, 11) is 0. The lowest BCUT2D eigenvalue weighted by Crippen LogP contribution is -2.31. The molecule has 0 unspecified atom stereocenters. The van der Waals surface area contributed by atoms with Crippen molar-refractivity contribution in [2.24, 2.45) is 0 Å². The van der Waals surface area contributed by atoms with Gasteiger partial charge in [0.05, 0.1) is 17.5 Å². The molecule has 1 aromatic carbocycles. The zero-order chi connectivity index (χ0) is 22.0. The molecule has 2 rings (SSSR count). The number of amides is 1. The number of carboxylic acids is 1. The number of hydrogen-bond donors (Lipinski definition) is 3. The molecule has 0 radical (unpaired) electrons. The highest BCUT2D eigenvalue weighted by atomic mass is 19.4. The van der Waals surface area contributed by atoms with Gasteiger partial charge in [-0.2, -0.15) is 26.3 Å². The van der Waals surface area contributed by atoms with Crippen LogP contribution in [0.4, 0.5) is 26.3 Å². The van der Waals surface area contributed by atoms with Gasteiger partial charge >= 0.3 is 18.3 Å². The van der Waals surface area contributed by atoms with Gasteiger partial charge < -0.3 is 15.4 Å². The van der Waals surface area contributed by atoms with Gasteiger partial charge in [-0.25, -0.2) is 4.98 Å². The summed E-state index contributed by atoms with van der Waals surface area (Å²) >= 11 is 0. The number of rotatable bonds is 5. The van der Waals surface area contributed by atoms with Crippen molar-refractivity contribution in [3.63, 3.8) is 0 Å². The Hall–Kier alpha value is -3.38. The van der Waals surface area contributed by atoms with Gasteiger partial charge in [-0.05, 0) is 18.2 Å². The molecule has 0 aliphatic rings. The number of aromatic amines is 1. The maximum Gasteiger partial charge on any atom is 0.416 e. The molecule has 0 saturated heterocycles. The predicted octanol–water partition coefficient (Wildman–Crippen LogP) is 2.68. The fourth-order valence-corrected chi connectivity index (χ4v) is 2.17. The van der Waals surface area contributed by atoms with Gasteiger partial charge in [0.2, 0.25) is 0 Å². The summed E-state index contributed by atoms with van der Waals surface area (Å²) in [6, 6.07) is 0.673. The van der Waals surface area contributed by atoms with Crippen LogP contribution < -0.4 is 10.9 Å². The summed E-state index contributed by atoms with van der Waals surface area (Å²) in [6.45, 7) is -0.308. The molecule has 156 valence electrons. The Kier molecular flexibility index (Phi) is 5.99. The fraction of sp³-hybridized carbons (Fsp3) is 0.250. The first-order chi connectivity index (χ1) is 13.3. The summed E-state index contributed by atoms with van der Waals surface area (Å²) in [4.78, 5) is 39.7. The van der Waals surface area contributed by atoms with Crippen molar-refractivity contribution in [1.29, 1.82) is 0 Å². The van der Waals surface area contributed by atoms with Gasteiger partial charge in [0.15, 0.2) is 0 Å². The van der Waals surface area contributed by atoms with E-state index >= 15 is 0 Å². The summed E-state index contributed by atoms with van der Waals surface area (Å²) < 4.78 is 77.5. The molecule has 1 heterocycles. The molecule has 0 bridgehead atoms. The van der Waals surface area contributed by atoms with Crippen LogP contribution >= 0.6 is 0 Å². The van der Waals surface area contributed by atoms with Crippen molar-refractivity contribution in [1.82, 2.24) is 15.3 Å². The van der Waals surface area contributed by atoms with E-state index in [1.54, 1.807) is 0 Å². The Morgan fingerprint density at radius 3 is 2.03 bits per heavy atom. The number of nitrogens with one attached hydrogen (secondary N) is 2. The zero-order valence-corrected chi connectivity index (χ0v) is 14.1. The summed E-state index contributed by atoms with van der Waals surface area (Å²) in [5.74, 6) is -2.84. The molecule has 0 spiro atoms. The Labute approximate surface area is 157 Å². The molecule has 29 heavy (non-hydrogen) atoms. The van der Waals surface area contributed by atoms with Crippen LogP contribution in [0.3, 0.4) is 0 Å². The van der Waals surface area contributed by atoms with E-state index in [2.05, 4.69) is 10.3 Å². The minimum Gasteiger partial charge on any atom is -0.481 e. The summed E-state index contributed by atoms with van der Waals surface area (Å²) in [6.07, 6.45) is -9.93. The van der Waals surface area contributed by atoms with Crippen LogP contribution in [0.25, 0.3) is 11.4 Å². The fourth-order valence-electron chi connectivity index (χ4n) is 2.17. The molecule has 7 nitrogen and oxygen atoms in total. The number of carbonyl (C=O) groups is 2. The van der Waals surface area contributed by atoms with E-state index in [0.717, 1.165) is 0 Å². The van der Waals surface area contributed by atoms with Gasteiger partial charge in [-0.1, -0.05) is 0 Å². The molecule has 1 amide bonds. The van der Waals surface area contributed by atoms with Crippen molar-refractivity contribution in [3.8, 4) is 11.4 Å². The molecule has 0 aliphatic carbocycles. The second-order valence-electron chi connectivity index (χ2n) is 5.67. The molecule has 0 aliphatic heterocycles. The minimum atomic E-state index is -5.08. The average molecular weight is 423 g/mol. The number of aliphatic carboxylic acids is 1. The van der Waals surface area contributed by atoms with Crippen LogP contribution in [0.2, 0.25) is 0 Å². The topological polar surface area (TPSA) is 112 Å². The molecular formula is C16H11F6N3O4. The number of hydrogen-bond acceptors (Lipinski definition) is 4. The second kappa shape index (κ2) is 7.93. The van der Waals surface area contributed by atoms with Gasteiger partial charge in [-0.15, -0.1) is 0 Å². The summed E-state index contributed by atoms with van der Waals surface area (Å²) in [5, 5.41) is 10.6. The predicted molar refractivity (Wildman–Crippen MR) is 84.9 cm³/mol. The third-order valence-corrected chi connectivity index (χ3v) is 3.53. The minimum absolute atomic E-state index is 0.0775. The number of H-pyrrole nitrogens is 1. The van der Waals surface area contributed by atoms with Crippen LogP contribution in [0.1, 0.15) is 27.9 Å². The molecule has 0 fully saturated rings. The highest BCUT2D eigenvalue weighted by Gasteiger charge is 2.37. The maximum atomic E-state index is 12.9. The van der Waals surface area contributed by atoms with E-state index < -0.39 is 64.3 Å². The second-order valence-corrected chi connectivity index (χ2v) is 5.67. The van der Waals surface area contributed by atoms with E-state index in [-0.39, 0.29) is 12.6 Å². The molecule has 0 atom stereocenters. The highest BCUT2D eigenvalue weighted by molar-refractivity contribution is 5.93. The van der Waals surface area contributed by atoms with E-state index in [1.165, 1.54) is 0 Å². The van der Waals surface area contributed by atoms with Crippen LogP contribution in [-0.2, 0) is 17.1 Å². The quantitative estimate of drug-likeness (QED) is 0.641. The Bertz CT molecular complexity index is 965. The lowest BCUT2D eigenvalue weighted by molar-refractivity contribution is -0.143. The zero-order valence-electron chi connectivity index (χ0n) is 14.1. The normalized spacial score (nSPS) is 11.9. The van der Waals surface area contributed by atoms with E-state index in [4.69, 9.17) is 5.11 Å². The number of alkyl halides is 6. The maximum absolute atomic E-state index is 12.9. The monoisotopic (exact) mass is 423 g/mol. The molecule has 0 saturated carbocycles. The van der Waals surface area contributed by atoms with Crippen molar-refractivity contribution in [2.45, 2.75) is 18.8 Å². The average Bonchev–Trinajstić information content (AvgIpc) is 2.59. The third-order valence-electron chi connectivity index (χ3n) is 3.53.